The molecule has 0 radical (unpaired) electrons. The van der Waals surface area contributed by atoms with Gasteiger partial charge in [-0.05, 0) is 24.3 Å². The van der Waals surface area contributed by atoms with E-state index in [2.05, 4.69) is 15.6 Å². The Morgan fingerprint density at radius 2 is 1.88 bits per heavy atom. The number of nitrogens with one attached hydrogen (secondary N) is 2. The maximum absolute atomic E-state index is 12.3. The van der Waals surface area contributed by atoms with Crippen LogP contribution in [0.15, 0.2) is 58.2 Å². The second kappa shape index (κ2) is 7.43. The Kier molecular flexibility index (Phi) is 4.89. The molecular weight excluding hydrogens is 324 g/mol. The lowest BCUT2D eigenvalue weighted by Gasteiger charge is -2.08. The summed E-state index contributed by atoms with van der Waals surface area (Å²) in [6.07, 6.45) is 2.76. The molecule has 2 amide bonds. The van der Waals surface area contributed by atoms with Crippen LogP contribution in [0.1, 0.15) is 10.6 Å². The average molecular weight is 340 g/mol. The summed E-state index contributed by atoms with van der Waals surface area (Å²) in [5.41, 5.74) is 0.316. The molecule has 2 N–H and O–H groups in total. The van der Waals surface area contributed by atoms with Gasteiger partial charge in [0, 0.05) is 13.1 Å². The number of carbonyl (C=O) groups excluding carboxylic acids is 2. The number of hydrogen-bond acceptors (Lipinski definition) is 5. The van der Waals surface area contributed by atoms with Gasteiger partial charge in [0.15, 0.2) is 5.76 Å². The zero-order chi connectivity index (χ0) is 17.6. The SMILES string of the molecule is O=C(Cn1cnc2ccccc2c1=O)NCCNC(=O)c1ccco1. The smallest absolute Gasteiger partial charge is 0.287 e. The fraction of sp³-hybridized carbons (Fsp3) is 0.176. The summed E-state index contributed by atoms with van der Waals surface area (Å²) >= 11 is 0. The summed E-state index contributed by atoms with van der Waals surface area (Å²) in [7, 11) is 0. The van der Waals surface area contributed by atoms with Crippen molar-refractivity contribution in [3.05, 3.63) is 65.1 Å². The minimum atomic E-state index is -0.353. The van der Waals surface area contributed by atoms with E-state index in [1.807, 2.05) is 0 Å². The summed E-state index contributed by atoms with van der Waals surface area (Å²) in [6.45, 7) is 0.347. The van der Waals surface area contributed by atoms with Crippen LogP contribution in [0.2, 0.25) is 0 Å². The fourth-order valence-corrected chi connectivity index (χ4v) is 2.30. The minimum absolute atomic E-state index is 0.136. The van der Waals surface area contributed by atoms with Gasteiger partial charge in [-0.15, -0.1) is 0 Å². The molecule has 0 atom stereocenters. The predicted molar refractivity (Wildman–Crippen MR) is 90.1 cm³/mol. The van der Waals surface area contributed by atoms with Crippen molar-refractivity contribution in [2.45, 2.75) is 6.54 Å². The summed E-state index contributed by atoms with van der Waals surface area (Å²) in [4.78, 5) is 40.0. The first-order valence-corrected chi connectivity index (χ1v) is 7.68. The van der Waals surface area contributed by atoms with Crippen LogP contribution in [-0.2, 0) is 11.3 Å². The molecule has 1 aromatic carbocycles. The Balaban J connectivity index is 1.50. The molecule has 25 heavy (non-hydrogen) atoms. The first kappa shape index (κ1) is 16.4. The summed E-state index contributed by atoms with van der Waals surface area (Å²) in [5, 5.41) is 5.71. The van der Waals surface area contributed by atoms with Crippen molar-refractivity contribution in [1.29, 1.82) is 0 Å². The molecule has 0 spiro atoms. The van der Waals surface area contributed by atoms with Crippen LogP contribution in [0, 0.1) is 0 Å². The highest BCUT2D eigenvalue weighted by Crippen LogP contribution is 2.04. The Bertz CT molecular complexity index is 947. The summed E-state index contributed by atoms with van der Waals surface area (Å²) in [5.74, 6) is -0.485. The highest BCUT2D eigenvalue weighted by molar-refractivity contribution is 5.91. The van der Waals surface area contributed by atoms with Gasteiger partial charge in [0.05, 0.1) is 23.5 Å². The molecule has 0 aliphatic rings. The van der Waals surface area contributed by atoms with Crippen LogP contribution in [0.3, 0.4) is 0 Å². The molecule has 8 nitrogen and oxygen atoms in total. The number of amides is 2. The van der Waals surface area contributed by atoms with Crippen LogP contribution in [0.4, 0.5) is 0 Å². The number of para-hydroxylation sites is 1. The van der Waals surface area contributed by atoms with E-state index in [0.717, 1.165) is 0 Å². The molecule has 0 aliphatic heterocycles. The number of carbonyl (C=O) groups is 2. The Labute approximate surface area is 142 Å². The lowest BCUT2D eigenvalue weighted by molar-refractivity contribution is -0.121. The van der Waals surface area contributed by atoms with Gasteiger partial charge in [-0.25, -0.2) is 4.98 Å². The fourth-order valence-electron chi connectivity index (χ4n) is 2.30. The third-order valence-electron chi connectivity index (χ3n) is 3.52. The van der Waals surface area contributed by atoms with Crippen LogP contribution in [0.5, 0.6) is 0 Å². The van der Waals surface area contributed by atoms with Gasteiger partial charge in [-0.3, -0.25) is 19.0 Å². The van der Waals surface area contributed by atoms with Gasteiger partial charge in [0.1, 0.15) is 6.54 Å². The molecule has 0 bridgehead atoms. The number of fused-ring (bicyclic) bond motifs is 1. The lowest BCUT2D eigenvalue weighted by atomic mass is 10.2. The zero-order valence-corrected chi connectivity index (χ0v) is 13.3. The maximum atomic E-state index is 12.3. The van der Waals surface area contributed by atoms with Gasteiger partial charge in [0.2, 0.25) is 5.91 Å². The normalized spacial score (nSPS) is 10.6. The largest absolute Gasteiger partial charge is 0.459 e. The van der Waals surface area contributed by atoms with Gasteiger partial charge in [0.25, 0.3) is 11.5 Å². The lowest BCUT2D eigenvalue weighted by Crippen LogP contribution is -2.37. The summed E-state index contributed by atoms with van der Waals surface area (Å²) in [6, 6.07) is 10.1. The zero-order valence-electron chi connectivity index (χ0n) is 13.3. The van der Waals surface area contributed by atoms with E-state index in [1.165, 1.54) is 17.2 Å². The van der Waals surface area contributed by atoms with Gasteiger partial charge >= 0.3 is 0 Å². The first-order chi connectivity index (χ1) is 12.1. The molecule has 0 saturated carbocycles. The van der Waals surface area contributed by atoms with E-state index < -0.39 is 0 Å². The second-order valence-electron chi connectivity index (χ2n) is 5.28. The van der Waals surface area contributed by atoms with Crippen molar-refractivity contribution >= 4 is 22.7 Å². The van der Waals surface area contributed by atoms with Crippen molar-refractivity contribution in [2.75, 3.05) is 13.1 Å². The predicted octanol–water partition coefficient (Wildman–Crippen LogP) is 0.536. The Hall–Kier alpha value is -3.42. The topological polar surface area (TPSA) is 106 Å². The molecule has 0 saturated heterocycles. The van der Waals surface area contributed by atoms with Crippen molar-refractivity contribution in [2.24, 2.45) is 0 Å². The molecular formula is C17H16N4O4. The second-order valence-corrected chi connectivity index (χ2v) is 5.28. The van der Waals surface area contributed by atoms with E-state index in [0.29, 0.717) is 10.9 Å². The van der Waals surface area contributed by atoms with Crippen molar-refractivity contribution in [3.63, 3.8) is 0 Å². The van der Waals surface area contributed by atoms with Gasteiger partial charge in [-0.2, -0.15) is 0 Å². The molecule has 8 heteroatoms. The molecule has 2 aromatic heterocycles. The van der Waals surface area contributed by atoms with Gasteiger partial charge in [-0.1, -0.05) is 12.1 Å². The Morgan fingerprint density at radius 1 is 1.08 bits per heavy atom. The van der Waals surface area contributed by atoms with E-state index in [9.17, 15) is 14.4 Å². The molecule has 3 aromatic rings. The first-order valence-electron chi connectivity index (χ1n) is 7.68. The maximum Gasteiger partial charge on any atom is 0.287 e. The molecule has 0 aliphatic carbocycles. The van der Waals surface area contributed by atoms with E-state index in [-0.39, 0.29) is 42.8 Å². The monoisotopic (exact) mass is 340 g/mol. The molecule has 0 unspecified atom stereocenters. The highest BCUT2D eigenvalue weighted by atomic mass is 16.3. The van der Waals surface area contributed by atoms with E-state index in [1.54, 1.807) is 36.4 Å². The summed E-state index contributed by atoms with van der Waals surface area (Å²) < 4.78 is 6.21. The number of furan rings is 1. The Morgan fingerprint density at radius 3 is 2.68 bits per heavy atom. The molecule has 3 rings (SSSR count). The molecule has 2 heterocycles. The van der Waals surface area contributed by atoms with E-state index in [4.69, 9.17) is 4.42 Å². The van der Waals surface area contributed by atoms with Crippen molar-refractivity contribution < 1.29 is 14.0 Å². The standard InChI is InChI=1S/C17H16N4O4/c22-15(18-7-8-19-16(23)14-6-3-9-25-14)10-21-11-20-13-5-2-1-4-12(13)17(21)24/h1-6,9,11H,7-8,10H2,(H,18,22)(H,19,23). The van der Waals surface area contributed by atoms with Crippen LogP contribution >= 0.6 is 0 Å². The van der Waals surface area contributed by atoms with E-state index >= 15 is 0 Å². The minimum Gasteiger partial charge on any atom is -0.459 e. The van der Waals surface area contributed by atoms with Gasteiger partial charge < -0.3 is 15.1 Å². The van der Waals surface area contributed by atoms with Crippen LogP contribution < -0.4 is 16.2 Å². The third-order valence-corrected chi connectivity index (χ3v) is 3.52. The van der Waals surface area contributed by atoms with Crippen molar-refractivity contribution in [3.8, 4) is 0 Å². The number of rotatable bonds is 6. The van der Waals surface area contributed by atoms with Crippen LogP contribution in [-0.4, -0.2) is 34.5 Å². The number of nitrogens with zero attached hydrogens (tertiary/aromatic N) is 2. The highest BCUT2D eigenvalue weighted by Gasteiger charge is 2.09. The molecule has 128 valence electrons. The third kappa shape index (κ3) is 3.92. The quantitative estimate of drug-likeness (QED) is 0.637. The number of benzene rings is 1. The van der Waals surface area contributed by atoms with Crippen LogP contribution in [0.25, 0.3) is 10.9 Å². The average Bonchev–Trinajstić information content (AvgIpc) is 3.16. The molecule has 0 fully saturated rings. The number of hydrogen-bond donors (Lipinski definition) is 2. The van der Waals surface area contributed by atoms with Crippen molar-refractivity contribution in [1.82, 2.24) is 20.2 Å². The number of aromatic nitrogens is 2.